The molecule has 274 valence electrons. The Hall–Kier alpha value is -3.82. The number of halogens is 2. The van der Waals surface area contributed by atoms with Crippen molar-refractivity contribution in [3.63, 3.8) is 0 Å². The van der Waals surface area contributed by atoms with Crippen molar-refractivity contribution in [1.29, 1.82) is 0 Å². The molecular weight excluding hydrogens is 736 g/mol. The van der Waals surface area contributed by atoms with Crippen molar-refractivity contribution < 1.29 is 43.5 Å². The first kappa shape index (κ1) is 40.6. The van der Waals surface area contributed by atoms with Gasteiger partial charge in [0.2, 0.25) is 0 Å². The standard InChI is InChI=1S/C35H46BrClN4O9/c1-19(2)32(43)21(4)28-17-35(46,40-34(45)50-28)29(48-7)10-8-9-20(3)13-22-14-26(31(37)27(15-22)47-6)41(5)30(42)18-49-33(44)39-25-12-11-23(38)16-24(25)36/h8-12,14-16,19,21,28-29,32,43,46H,13,17-18,38H2,1-7H3,(H,39,44)(H,40,45)/b10-8+,20-9+/t21-,28+,29-,32-,35+/m1/s1. The van der Waals surface area contributed by atoms with E-state index >= 15 is 0 Å². The number of anilines is 3. The van der Waals surface area contributed by atoms with E-state index in [1.807, 2.05) is 26.8 Å². The fourth-order valence-corrected chi connectivity index (χ4v) is 6.26. The van der Waals surface area contributed by atoms with Crippen LogP contribution in [0, 0.1) is 11.8 Å². The zero-order valence-electron chi connectivity index (χ0n) is 29.2. The van der Waals surface area contributed by atoms with Gasteiger partial charge in [-0.15, -0.1) is 0 Å². The van der Waals surface area contributed by atoms with Crippen LogP contribution >= 0.6 is 27.5 Å². The Bertz CT molecular complexity index is 1600. The number of carbonyl (C=O) groups excluding carboxylic acids is 3. The molecule has 1 aliphatic rings. The van der Waals surface area contributed by atoms with E-state index in [-0.39, 0.29) is 17.4 Å². The number of benzene rings is 2. The van der Waals surface area contributed by atoms with Gasteiger partial charge in [-0.1, -0.05) is 56.2 Å². The van der Waals surface area contributed by atoms with Crippen LogP contribution in [-0.4, -0.2) is 80.2 Å². The summed E-state index contributed by atoms with van der Waals surface area (Å²) in [6, 6.07) is 8.32. The lowest BCUT2D eigenvalue weighted by atomic mass is 9.84. The number of amides is 3. The van der Waals surface area contributed by atoms with Crippen LogP contribution < -0.4 is 26.0 Å². The number of allylic oxidation sites excluding steroid dienone is 3. The molecule has 1 fully saturated rings. The summed E-state index contributed by atoms with van der Waals surface area (Å²) in [4.78, 5) is 39.0. The third-order valence-electron chi connectivity index (χ3n) is 8.36. The first-order chi connectivity index (χ1) is 23.5. The fourth-order valence-electron chi connectivity index (χ4n) is 5.46. The number of rotatable bonds is 14. The molecule has 5 atom stereocenters. The maximum atomic E-state index is 13.0. The average Bonchev–Trinajstić information content (AvgIpc) is 3.05. The molecule has 2 aromatic carbocycles. The molecule has 1 saturated heterocycles. The lowest BCUT2D eigenvalue weighted by Gasteiger charge is -2.43. The number of hydrogen-bond acceptors (Lipinski definition) is 10. The largest absolute Gasteiger partial charge is 0.495 e. The molecule has 1 heterocycles. The number of methoxy groups -OCH3 is 2. The van der Waals surface area contributed by atoms with Crippen molar-refractivity contribution >= 4 is 62.7 Å². The molecule has 1 aliphatic heterocycles. The lowest BCUT2D eigenvalue weighted by Crippen LogP contribution is -2.63. The Kier molecular flexibility index (Phi) is 14.5. The minimum absolute atomic E-state index is 0.00485. The predicted molar refractivity (Wildman–Crippen MR) is 195 cm³/mol. The van der Waals surface area contributed by atoms with Crippen LogP contribution in [0.4, 0.5) is 26.7 Å². The maximum Gasteiger partial charge on any atom is 0.412 e. The molecule has 15 heteroatoms. The molecule has 2 aromatic rings. The van der Waals surface area contributed by atoms with Gasteiger partial charge in [0.25, 0.3) is 5.91 Å². The zero-order chi connectivity index (χ0) is 37.3. The molecule has 50 heavy (non-hydrogen) atoms. The van der Waals surface area contributed by atoms with E-state index in [9.17, 15) is 24.6 Å². The number of aliphatic hydroxyl groups excluding tert-OH is 1. The van der Waals surface area contributed by atoms with Crippen molar-refractivity contribution in [2.75, 3.05) is 43.8 Å². The number of likely N-dealkylation sites (N-methyl/N-ethyl adjacent to an activating group) is 1. The van der Waals surface area contributed by atoms with Crippen LogP contribution in [0.5, 0.6) is 5.75 Å². The Labute approximate surface area is 305 Å². The van der Waals surface area contributed by atoms with E-state index in [0.29, 0.717) is 33.7 Å². The summed E-state index contributed by atoms with van der Waals surface area (Å²) >= 11 is 9.89. The molecule has 6 N–H and O–H groups in total. The van der Waals surface area contributed by atoms with Crippen LogP contribution in [0.2, 0.25) is 5.02 Å². The number of hydrogen-bond donors (Lipinski definition) is 5. The highest BCUT2D eigenvalue weighted by atomic mass is 79.9. The molecule has 3 amide bonds. The van der Waals surface area contributed by atoms with E-state index in [4.69, 9.17) is 36.3 Å². The van der Waals surface area contributed by atoms with Crippen molar-refractivity contribution in [3.8, 4) is 5.75 Å². The maximum absolute atomic E-state index is 13.0. The van der Waals surface area contributed by atoms with Gasteiger partial charge < -0.3 is 39.8 Å². The van der Waals surface area contributed by atoms with Gasteiger partial charge in [-0.25, -0.2) is 9.59 Å². The average molecular weight is 782 g/mol. The molecule has 0 bridgehead atoms. The smallest absolute Gasteiger partial charge is 0.412 e. The Morgan fingerprint density at radius 2 is 1.96 bits per heavy atom. The van der Waals surface area contributed by atoms with Crippen LogP contribution in [-0.2, 0) is 25.4 Å². The summed E-state index contributed by atoms with van der Waals surface area (Å²) in [6.07, 6.45) is 1.57. The lowest BCUT2D eigenvalue weighted by molar-refractivity contribution is -0.149. The highest BCUT2D eigenvalue weighted by Crippen LogP contribution is 2.37. The summed E-state index contributed by atoms with van der Waals surface area (Å²) < 4.78 is 22.1. The minimum Gasteiger partial charge on any atom is -0.495 e. The predicted octanol–water partition coefficient (Wildman–Crippen LogP) is 5.80. The van der Waals surface area contributed by atoms with Crippen molar-refractivity contribution in [2.45, 2.75) is 64.6 Å². The first-order valence-corrected chi connectivity index (χ1v) is 17.0. The normalized spacial score (nSPS) is 19.7. The fraction of sp³-hybridized carbons (Fsp3) is 0.457. The number of nitrogens with two attached hydrogens (primary N) is 1. The van der Waals surface area contributed by atoms with Gasteiger partial charge in [0, 0.05) is 36.7 Å². The van der Waals surface area contributed by atoms with Gasteiger partial charge in [-0.05, 0) is 71.1 Å². The van der Waals surface area contributed by atoms with E-state index in [1.54, 1.807) is 49.4 Å². The topological polar surface area (TPSA) is 182 Å². The third kappa shape index (κ3) is 10.6. The summed E-state index contributed by atoms with van der Waals surface area (Å²) in [5.41, 5.74) is 6.90. The van der Waals surface area contributed by atoms with Gasteiger partial charge in [0.15, 0.2) is 12.3 Å². The Morgan fingerprint density at radius 1 is 1.26 bits per heavy atom. The zero-order valence-corrected chi connectivity index (χ0v) is 31.5. The highest BCUT2D eigenvalue weighted by Gasteiger charge is 2.47. The molecule has 3 rings (SSSR count). The van der Waals surface area contributed by atoms with E-state index in [1.165, 1.54) is 26.2 Å². The molecule has 0 radical (unpaired) electrons. The second-order valence-electron chi connectivity index (χ2n) is 12.5. The van der Waals surface area contributed by atoms with Crippen LogP contribution in [0.3, 0.4) is 0 Å². The Morgan fingerprint density at radius 3 is 2.58 bits per heavy atom. The van der Waals surface area contributed by atoms with E-state index < -0.39 is 54.7 Å². The van der Waals surface area contributed by atoms with Crippen LogP contribution in [0.15, 0.2) is 58.6 Å². The molecule has 0 saturated carbocycles. The van der Waals surface area contributed by atoms with Crippen molar-refractivity contribution in [2.24, 2.45) is 11.8 Å². The number of nitrogens with zero attached hydrogens (tertiary/aromatic N) is 1. The second-order valence-corrected chi connectivity index (χ2v) is 13.8. The number of aliphatic hydroxyl groups is 2. The number of nitrogens with one attached hydrogen (secondary N) is 2. The second kappa shape index (κ2) is 17.9. The summed E-state index contributed by atoms with van der Waals surface area (Å²) in [5, 5.41) is 27.2. The number of cyclic esters (lactones) is 1. The summed E-state index contributed by atoms with van der Waals surface area (Å²) in [5.74, 6) is -0.668. The van der Waals surface area contributed by atoms with Gasteiger partial charge in [-0.3, -0.25) is 15.4 Å². The van der Waals surface area contributed by atoms with Crippen LogP contribution in [0.25, 0.3) is 0 Å². The van der Waals surface area contributed by atoms with Gasteiger partial charge in [0.1, 0.15) is 23.0 Å². The molecule has 0 aliphatic carbocycles. The van der Waals surface area contributed by atoms with Gasteiger partial charge >= 0.3 is 12.2 Å². The number of ether oxygens (including phenoxy) is 4. The third-order valence-corrected chi connectivity index (χ3v) is 9.40. The number of nitrogen functional groups attached to an aromatic ring is 1. The molecule has 0 aromatic heterocycles. The quantitative estimate of drug-likeness (QED) is 0.116. The van der Waals surface area contributed by atoms with Crippen molar-refractivity contribution in [3.05, 3.63) is 69.2 Å². The molecule has 0 unspecified atom stereocenters. The molecular formula is C35H46BrClN4O9. The first-order valence-electron chi connectivity index (χ1n) is 15.9. The monoisotopic (exact) mass is 780 g/mol. The molecule has 13 nitrogen and oxygen atoms in total. The molecule has 0 spiro atoms. The SMILES string of the molecule is COc1cc(C/C(C)=C/C=C/[C@@H](OC)[C@@]2(O)C[C@@H]([C@@H](C)[C@H](O)C(C)C)OC(=O)N2)cc(N(C)C(=O)COC(=O)Nc2ccc(N)cc2Br)c1Cl. The Balaban J connectivity index is 1.70. The minimum atomic E-state index is -1.77. The van der Waals surface area contributed by atoms with Crippen LogP contribution in [0.1, 0.15) is 39.7 Å². The highest BCUT2D eigenvalue weighted by molar-refractivity contribution is 9.10. The van der Waals surface area contributed by atoms with E-state index in [2.05, 4.69) is 26.6 Å². The van der Waals surface area contributed by atoms with Gasteiger partial charge in [0.05, 0.1) is 24.6 Å². The van der Waals surface area contributed by atoms with Gasteiger partial charge in [-0.2, -0.15) is 0 Å². The summed E-state index contributed by atoms with van der Waals surface area (Å²) in [7, 11) is 4.39. The van der Waals surface area contributed by atoms with Crippen molar-refractivity contribution in [1.82, 2.24) is 5.32 Å². The number of alkyl carbamates (subject to hydrolysis) is 1. The van der Waals surface area contributed by atoms with E-state index in [0.717, 1.165) is 11.1 Å². The number of carbonyl (C=O) groups is 3. The summed E-state index contributed by atoms with van der Waals surface area (Å²) in [6.45, 7) is 6.85.